The fourth-order valence-electron chi connectivity index (χ4n) is 2.87. The van der Waals surface area contributed by atoms with Crippen LogP contribution in [-0.2, 0) is 4.79 Å². The molecule has 108 valence electrons. The van der Waals surface area contributed by atoms with Gasteiger partial charge >= 0.3 is 0 Å². The molecule has 2 N–H and O–H groups in total. The van der Waals surface area contributed by atoms with Gasteiger partial charge in [0.1, 0.15) is 0 Å². The van der Waals surface area contributed by atoms with E-state index in [1.54, 1.807) is 0 Å². The first kappa shape index (κ1) is 14.2. The number of carbonyl (C=O) groups excluding carboxylic acids is 1. The van der Waals surface area contributed by atoms with Crippen molar-refractivity contribution in [2.24, 2.45) is 0 Å². The van der Waals surface area contributed by atoms with Crippen molar-refractivity contribution in [3.8, 4) is 0 Å². The van der Waals surface area contributed by atoms with Gasteiger partial charge in [-0.2, -0.15) is 11.8 Å². The van der Waals surface area contributed by atoms with Crippen molar-refractivity contribution in [1.29, 1.82) is 0 Å². The highest BCUT2D eigenvalue weighted by Gasteiger charge is 2.31. The van der Waals surface area contributed by atoms with Crippen LogP contribution in [0.15, 0.2) is 16.6 Å². The third-order valence-corrected chi connectivity index (χ3v) is 5.54. The van der Waals surface area contributed by atoms with E-state index in [0.29, 0.717) is 16.1 Å². The first-order chi connectivity index (χ1) is 9.45. The van der Waals surface area contributed by atoms with Crippen molar-refractivity contribution in [2.45, 2.75) is 30.5 Å². The first-order valence-electron chi connectivity index (χ1n) is 6.68. The van der Waals surface area contributed by atoms with Gasteiger partial charge in [0.15, 0.2) is 6.10 Å². The van der Waals surface area contributed by atoms with E-state index in [4.69, 9.17) is 0 Å². The van der Waals surface area contributed by atoms with Gasteiger partial charge in [-0.05, 0) is 28.1 Å². The summed E-state index contributed by atoms with van der Waals surface area (Å²) in [6.07, 6.45) is -1.05. The predicted octanol–water partition coefficient (Wildman–Crippen LogP) is 2.76. The normalized spacial score (nSPS) is 29.3. The summed E-state index contributed by atoms with van der Waals surface area (Å²) in [7, 11) is 0. The van der Waals surface area contributed by atoms with Crippen LogP contribution >= 0.6 is 27.7 Å². The predicted molar refractivity (Wildman–Crippen MR) is 86.5 cm³/mol. The molecule has 1 aromatic rings. The average molecular weight is 357 g/mol. The number of aliphatic hydroxyl groups excluding tert-OH is 1. The van der Waals surface area contributed by atoms with Crippen LogP contribution in [0, 0.1) is 0 Å². The van der Waals surface area contributed by atoms with Crippen molar-refractivity contribution in [2.75, 3.05) is 23.3 Å². The molecule has 4 nitrogen and oxygen atoms in total. The zero-order valence-electron chi connectivity index (χ0n) is 11.4. The molecule has 6 heteroatoms. The number of halogens is 1. The number of benzene rings is 1. The van der Waals surface area contributed by atoms with Crippen LogP contribution in [0.2, 0.25) is 0 Å². The number of hydrogen-bond acceptors (Lipinski definition) is 4. The summed E-state index contributed by atoms with van der Waals surface area (Å²) in [6, 6.07) is 3.81. The summed E-state index contributed by atoms with van der Waals surface area (Å²) >= 11 is 5.58. The molecule has 2 aliphatic rings. The molecule has 0 bridgehead atoms. The van der Waals surface area contributed by atoms with Gasteiger partial charge in [-0.1, -0.05) is 13.8 Å². The summed E-state index contributed by atoms with van der Waals surface area (Å²) in [4.78, 5) is 13.9. The Morgan fingerprint density at radius 2 is 2.00 bits per heavy atom. The maximum Gasteiger partial charge on any atom is 0.257 e. The number of amides is 1. The van der Waals surface area contributed by atoms with Gasteiger partial charge in [-0.15, -0.1) is 0 Å². The lowest BCUT2D eigenvalue weighted by Gasteiger charge is -2.37. The second kappa shape index (κ2) is 5.24. The highest BCUT2D eigenvalue weighted by Crippen LogP contribution is 2.40. The van der Waals surface area contributed by atoms with Crippen LogP contribution in [0.25, 0.3) is 0 Å². The Balaban J connectivity index is 1.95. The van der Waals surface area contributed by atoms with Gasteiger partial charge in [0, 0.05) is 39.3 Å². The lowest BCUT2D eigenvalue weighted by molar-refractivity contribution is -0.123. The van der Waals surface area contributed by atoms with Crippen molar-refractivity contribution in [3.63, 3.8) is 0 Å². The van der Waals surface area contributed by atoms with E-state index in [1.165, 1.54) is 0 Å². The number of hydrogen-bond donors (Lipinski definition) is 2. The summed E-state index contributed by atoms with van der Waals surface area (Å²) in [6.45, 7) is 6.45. The molecule has 3 unspecified atom stereocenters. The van der Waals surface area contributed by atoms with Gasteiger partial charge in [0.25, 0.3) is 5.91 Å². The zero-order chi connectivity index (χ0) is 14.4. The van der Waals surface area contributed by atoms with Crippen molar-refractivity contribution in [3.05, 3.63) is 22.2 Å². The van der Waals surface area contributed by atoms with Crippen LogP contribution in [0.5, 0.6) is 0 Å². The Bertz CT molecular complexity index is 556. The van der Waals surface area contributed by atoms with Gasteiger partial charge in [0.05, 0.1) is 5.69 Å². The minimum Gasteiger partial charge on any atom is -0.378 e. The molecule has 0 spiro atoms. The Morgan fingerprint density at radius 1 is 1.35 bits per heavy atom. The molecule has 1 saturated heterocycles. The fraction of sp³-hybridized carbons (Fsp3) is 0.500. The average Bonchev–Trinajstić information content (AvgIpc) is 2.63. The Kier molecular flexibility index (Phi) is 3.73. The van der Waals surface area contributed by atoms with Crippen molar-refractivity contribution < 1.29 is 9.90 Å². The Labute approximate surface area is 131 Å². The van der Waals surface area contributed by atoms with E-state index in [0.717, 1.165) is 28.9 Å². The maximum absolute atomic E-state index is 11.5. The highest BCUT2D eigenvalue weighted by molar-refractivity contribution is 9.10. The summed E-state index contributed by atoms with van der Waals surface area (Å²) < 4.78 is 0.929. The van der Waals surface area contributed by atoms with E-state index in [-0.39, 0.29) is 5.91 Å². The molecular weight excluding hydrogens is 340 g/mol. The minimum atomic E-state index is -1.05. The standard InChI is InChI=1S/C14H17BrN2O2S/c1-7-5-17(6-8(2)20-7)12-4-11-9(3-10(12)15)13(18)14(19)16-11/h3-4,7-8,13,18H,5-6H2,1-2H3,(H,16,19). The molecule has 1 aromatic carbocycles. The monoisotopic (exact) mass is 356 g/mol. The fourth-order valence-corrected chi connectivity index (χ4v) is 4.81. The van der Waals surface area contributed by atoms with Crippen LogP contribution in [0.1, 0.15) is 25.5 Å². The second-order valence-electron chi connectivity index (χ2n) is 5.44. The number of aliphatic hydroxyl groups is 1. The molecule has 0 saturated carbocycles. The molecule has 2 aliphatic heterocycles. The largest absolute Gasteiger partial charge is 0.378 e. The van der Waals surface area contributed by atoms with Gasteiger partial charge in [0.2, 0.25) is 0 Å². The summed E-state index contributed by atoms with van der Waals surface area (Å²) in [5.41, 5.74) is 2.45. The molecular formula is C14H17BrN2O2S. The highest BCUT2D eigenvalue weighted by atomic mass is 79.9. The SMILES string of the molecule is CC1CN(c2cc3c(cc2Br)C(O)C(=O)N3)CC(C)S1. The molecule has 0 radical (unpaired) electrons. The van der Waals surface area contributed by atoms with E-state index in [9.17, 15) is 9.90 Å². The van der Waals surface area contributed by atoms with Crippen molar-refractivity contribution in [1.82, 2.24) is 0 Å². The van der Waals surface area contributed by atoms with Crippen LogP contribution < -0.4 is 10.2 Å². The van der Waals surface area contributed by atoms with Gasteiger partial charge < -0.3 is 15.3 Å². The number of nitrogens with zero attached hydrogens (tertiary/aromatic N) is 1. The summed E-state index contributed by atoms with van der Waals surface area (Å²) in [5, 5.41) is 13.7. The molecule has 1 fully saturated rings. The topological polar surface area (TPSA) is 52.6 Å². The van der Waals surface area contributed by atoms with E-state index in [1.807, 2.05) is 23.9 Å². The van der Waals surface area contributed by atoms with E-state index >= 15 is 0 Å². The Hall–Kier alpha value is -0.720. The minimum absolute atomic E-state index is 0.347. The molecule has 0 aromatic heterocycles. The van der Waals surface area contributed by atoms with Gasteiger partial charge in [-0.25, -0.2) is 0 Å². The van der Waals surface area contributed by atoms with E-state index < -0.39 is 6.10 Å². The molecule has 20 heavy (non-hydrogen) atoms. The lowest BCUT2D eigenvalue weighted by Crippen LogP contribution is -2.40. The first-order valence-corrected chi connectivity index (χ1v) is 8.42. The van der Waals surface area contributed by atoms with Gasteiger partial charge in [-0.3, -0.25) is 4.79 Å². The second-order valence-corrected chi connectivity index (χ2v) is 8.18. The Morgan fingerprint density at radius 3 is 2.65 bits per heavy atom. The zero-order valence-corrected chi connectivity index (χ0v) is 13.8. The maximum atomic E-state index is 11.5. The van der Waals surface area contributed by atoms with Crippen LogP contribution in [-0.4, -0.2) is 34.6 Å². The lowest BCUT2D eigenvalue weighted by atomic mass is 10.1. The number of rotatable bonds is 1. The third-order valence-electron chi connectivity index (χ3n) is 3.68. The quantitative estimate of drug-likeness (QED) is 0.812. The number of thioether (sulfide) groups is 1. The van der Waals surface area contributed by atoms with Crippen LogP contribution in [0.3, 0.4) is 0 Å². The number of anilines is 2. The molecule has 1 amide bonds. The van der Waals surface area contributed by atoms with E-state index in [2.05, 4.69) is 40.0 Å². The number of nitrogens with one attached hydrogen (secondary N) is 1. The number of fused-ring (bicyclic) bond motifs is 1. The summed E-state index contributed by atoms with van der Waals surface area (Å²) in [5.74, 6) is -0.347. The number of carbonyl (C=O) groups is 1. The molecule has 3 rings (SSSR count). The molecule has 2 heterocycles. The van der Waals surface area contributed by atoms with Crippen molar-refractivity contribution >= 4 is 45.0 Å². The molecule has 3 atom stereocenters. The van der Waals surface area contributed by atoms with Crippen LogP contribution in [0.4, 0.5) is 11.4 Å². The third kappa shape index (κ3) is 2.44. The smallest absolute Gasteiger partial charge is 0.257 e. The molecule has 0 aliphatic carbocycles.